The van der Waals surface area contributed by atoms with Crippen LogP contribution in [0.2, 0.25) is 0 Å². The van der Waals surface area contributed by atoms with Crippen molar-refractivity contribution in [2.45, 2.75) is 28.8 Å². The number of carbonyl (C=O) groups is 1. The summed E-state index contributed by atoms with van der Waals surface area (Å²) in [6, 6.07) is 9.31. The molecule has 1 N–H and O–H groups in total. The number of hydrogen-bond donors (Lipinski definition) is 1. The predicted molar refractivity (Wildman–Crippen MR) is 84.7 cm³/mol. The molecule has 1 amide bonds. The first kappa shape index (κ1) is 18.4. The molecule has 2 aromatic rings. The van der Waals surface area contributed by atoms with Gasteiger partial charge in [-0.1, -0.05) is 12.1 Å². The highest BCUT2D eigenvalue weighted by atomic mass is 32.2. The molecule has 26 heavy (non-hydrogen) atoms. The van der Waals surface area contributed by atoms with Gasteiger partial charge in [0.05, 0.1) is 4.90 Å². The Labute approximate surface area is 146 Å². The summed E-state index contributed by atoms with van der Waals surface area (Å²) in [5.74, 6) is -0.830. The number of halogens is 4. The Bertz CT molecular complexity index is 922. The zero-order valence-corrected chi connectivity index (χ0v) is 13.9. The molecule has 1 aliphatic carbocycles. The maximum absolute atomic E-state index is 12.9. The molecule has 1 fully saturated rings. The smallest absolute Gasteiger partial charge is 0.349 e. The van der Waals surface area contributed by atoms with Crippen LogP contribution in [-0.2, 0) is 9.84 Å². The van der Waals surface area contributed by atoms with Gasteiger partial charge >= 0.3 is 5.51 Å². The standard InChI is InChI=1S/C17H13F4NO3S/c18-12-5-1-10(2-6-12)14-9-15(14)22-16(23)11-3-7-13(8-4-11)26(24,25)17(19,20)21/h1-8,14-15H,9H2,(H,22,23)/t14-,15-/m0/s1. The van der Waals surface area contributed by atoms with Crippen molar-refractivity contribution >= 4 is 15.7 Å². The first-order valence-electron chi connectivity index (χ1n) is 7.57. The van der Waals surface area contributed by atoms with Gasteiger partial charge in [0.2, 0.25) is 0 Å². The van der Waals surface area contributed by atoms with Gasteiger partial charge in [0, 0.05) is 17.5 Å². The molecule has 9 heteroatoms. The summed E-state index contributed by atoms with van der Waals surface area (Å²) in [4.78, 5) is 11.2. The Morgan fingerprint density at radius 3 is 2.12 bits per heavy atom. The highest BCUT2D eigenvalue weighted by Crippen LogP contribution is 2.41. The van der Waals surface area contributed by atoms with Gasteiger partial charge in [-0.15, -0.1) is 0 Å². The van der Waals surface area contributed by atoms with Crippen molar-refractivity contribution in [1.29, 1.82) is 0 Å². The summed E-state index contributed by atoms with van der Waals surface area (Å²) in [7, 11) is -5.44. The minimum atomic E-state index is -5.44. The first-order chi connectivity index (χ1) is 12.1. The van der Waals surface area contributed by atoms with E-state index in [-0.39, 0.29) is 23.3 Å². The van der Waals surface area contributed by atoms with E-state index in [1.165, 1.54) is 12.1 Å². The minimum absolute atomic E-state index is 0.0458. The maximum Gasteiger partial charge on any atom is 0.501 e. The lowest BCUT2D eigenvalue weighted by Gasteiger charge is -2.09. The molecule has 2 atom stereocenters. The third-order valence-electron chi connectivity index (χ3n) is 4.14. The molecule has 0 radical (unpaired) electrons. The molecule has 0 aromatic heterocycles. The third kappa shape index (κ3) is 3.57. The number of sulfone groups is 1. The molecular weight excluding hydrogens is 374 g/mol. The molecule has 0 saturated heterocycles. The molecule has 0 unspecified atom stereocenters. The van der Waals surface area contributed by atoms with Crippen LogP contribution >= 0.6 is 0 Å². The van der Waals surface area contributed by atoms with Gasteiger partial charge in [-0.05, 0) is 48.4 Å². The quantitative estimate of drug-likeness (QED) is 0.818. The topological polar surface area (TPSA) is 63.2 Å². The van der Waals surface area contributed by atoms with Crippen molar-refractivity contribution < 1.29 is 30.8 Å². The minimum Gasteiger partial charge on any atom is -0.349 e. The van der Waals surface area contributed by atoms with Crippen LogP contribution in [0.1, 0.15) is 28.3 Å². The molecule has 1 aliphatic rings. The van der Waals surface area contributed by atoms with Gasteiger partial charge < -0.3 is 5.32 Å². The molecule has 0 heterocycles. The van der Waals surface area contributed by atoms with Crippen molar-refractivity contribution in [3.63, 3.8) is 0 Å². The van der Waals surface area contributed by atoms with Crippen LogP contribution in [0.5, 0.6) is 0 Å². The summed E-state index contributed by atoms with van der Waals surface area (Å²) < 4.78 is 73.0. The van der Waals surface area contributed by atoms with Crippen LogP contribution in [0.4, 0.5) is 17.6 Å². The largest absolute Gasteiger partial charge is 0.501 e. The Morgan fingerprint density at radius 1 is 1.00 bits per heavy atom. The van der Waals surface area contributed by atoms with Crippen LogP contribution < -0.4 is 5.32 Å². The lowest BCUT2D eigenvalue weighted by molar-refractivity contribution is -0.0436. The van der Waals surface area contributed by atoms with Crippen LogP contribution in [0, 0.1) is 5.82 Å². The number of rotatable bonds is 4. The summed E-state index contributed by atoms with van der Waals surface area (Å²) in [5.41, 5.74) is -4.47. The lowest BCUT2D eigenvalue weighted by atomic mass is 10.1. The van der Waals surface area contributed by atoms with Crippen molar-refractivity contribution in [1.82, 2.24) is 5.32 Å². The van der Waals surface area contributed by atoms with Gasteiger partial charge in [-0.25, -0.2) is 12.8 Å². The summed E-state index contributed by atoms with van der Waals surface area (Å²) in [6.07, 6.45) is 0.665. The number of carbonyl (C=O) groups excluding carboxylic acids is 1. The van der Waals surface area contributed by atoms with E-state index in [2.05, 4.69) is 5.32 Å². The van der Waals surface area contributed by atoms with Crippen molar-refractivity contribution in [2.24, 2.45) is 0 Å². The fourth-order valence-electron chi connectivity index (χ4n) is 2.60. The molecular formula is C17H13F4NO3S. The fraction of sp³-hybridized carbons (Fsp3) is 0.235. The zero-order chi connectivity index (χ0) is 19.1. The van der Waals surface area contributed by atoms with E-state index < -0.39 is 26.1 Å². The summed E-state index contributed by atoms with van der Waals surface area (Å²) >= 11 is 0. The van der Waals surface area contributed by atoms with E-state index in [4.69, 9.17) is 0 Å². The van der Waals surface area contributed by atoms with Gasteiger partial charge in [0.15, 0.2) is 0 Å². The zero-order valence-electron chi connectivity index (χ0n) is 13.1. The van der Waals surface area contributed by atoms with Gasteiger partial charge in [-0.2, -0.15) is 13.2 Å². The second-order valence-corrected chi connectivity index (χ2v) is 7.89. The number of nitrogens with one attached hydrogen (secondary N) is 1. The van der Waals surface area contributed by atoms with Crippen LogP contribution in [0.25, 0.3) is 0 Å². The van der Waals surface area contributed by atoms with Gasteiger partial charge in [0.1, 0.15) is 5.82 Å². The second-order valence-electron chi connectivity index (χ2n) is 5.95. The number of hydrogen-bond acceptors (Lipinski definition) is 3. The predicted octanol–water partition coefficient (Wildman–Crippen LogP) is 3.41. The average Bonchev–Trinajstić information content (AvgIpc) is 3.33. The molecule has 3 rings (SSSR count). The molecule has 4 nitrogen and oxygen atoms in total. The number of alkyl halides is 3. The molecule has 0 bridgehead atoms. The van der Waals surface area contributed by atoms with E-state index in [0.717, 1.165) is 29.8 Å². The highest BCUT2D eigenvalue weighted by molar-refractivity contribution is 7.92. The Kier molecular flexibility index (Phi) is 4.51. The molecule has 138 valence electrons. The SMILES string of the molecule is O=C(N[C@H]1C[C@H]1c1ccc(F)cc1)c1ccc(S(=O)(=O)C(F)(F)F)cc1. The molecule has 0 spiro atoms. The monoisotopic (exact) mass is 387 g/mol. The van der Waals surface area contributed by atoms with Crippen LogP contribution in [-0.4, -0.2) is 25.9 Å². The van der Waals surface area contributed by atoms with E-state index >= 15 is 0 Å². The normalized spacial score (nSPS) is 19.8. The van der Waals surface area contributed by atoms with E-state index in [9.17, 15) is 30.8 Å². The summed E-state index contributed by atoms with van der Waals surface area (Å²) in [5, 5.41) is 2.72. The van der Waals surface area contributed by atoms with E-state index in [1.807, 2.05) is 0 Å². The van der Waals surface area contributed by atoms with Crippen molar-refractivity contribution in [2.75, 3.05) is 0 Å². The number of amides is 1. The van der Waals surface area contributed by atoms with Crippen LogP contribution in [0.15, 0.2) is 53.4 Å². The Morgan fingerprint density at radius 2 is 1.58 bits per heavy atom. The highest BCUT2D eigenvalue weighted by Gasteiger charge is 2.46. The molecule has 0 aliphatic heterocycles. The Hall–Kier alpha value is -2.42. The lowest BCUT2D eigenvalue weighted by Crippen LogP contribution is -2.27. The second kappa shape index (κ2) is 6.39. The van der Waals surface area contributed by atoms with E-state index in [1.54, 1.807) is 12.1 Å². The van der Waals surface area contributed by atoms with E-state index in [0.29, 0.717) is 6.42 Å². The third-order valence-corrected chi connectivity index (χ3v) is 5.64. The van der Waals surface area contributed by atoms with Gasteiger partial charge in [-0.3, -0.25) is 4.79 Å². The first-order valence-corrected chi connectivity index (χ1v) is 9.05. The summed E-state index contributed by atoms with van der Waals surface area (Å²) in [6.45, 7) is 0. The number of benzene rings is 2. The van der Waals surface area contributed by atoms with Gasteiger partial charge in [0.25, 0.3) is 15.7 Å². The maximum atomic E-state index is 12.9. The molecule has 1 saturated carbocycles. The van der Waals surface area contributed by atoms with Crippen molar-refractivity contribution in [3.8, 4) is 0 Å². The Balaban J connectivity index is 1.66. The fourth-order valence-corrected chi connectivity index (χ4v) is 3.37. The van der Waals surface area contributed by atoms with Crippen LogP contribution in [0.3, 0.4) is 0 Å². The van der Waals surface area contributed by atoms with Crippen molar-refractivity contribution in [3.05, 3.63) is 65.5 Å². The molecule has 2 aromatic carbocycles. The average molecular weight is 387 g/mol.